The van der Waals surface area contributed by atoms with Gasteiger partial charge < -0.3 is 15.7 Å². The van der Waals surface area contributed by atoms with Crippen LogP contribution in [0, 0.1) is 0 Å². The number of carbonyl (C=O) groups is 3. The Morgan fingerprint density at radius 1 is 1.39 bits per heavy atom. The molecule has 0 aliphatic heterocycles. The first-order valence-corrected chi connectivity index (χ1v) is 5.22. The summed E-state index contributed by atoms with van der Waals surface area (Å²) in [4.78, 5) is 37.1. The quantitative estimate of drug-likeness (QED) is 0.647. The van der Waals surface area contributed by atoms with Crippen LogP contribution in [0.25, 0.3) is 0 Å². The third-order valence-electron chi connectivity index (χ3n) is 2.05. The van der Waals surface area contributed by atoms with Crippen LogP contribution in [0.2, 0.25) is 0 Å². The van der Waals surface area contributed by atoms with E-state index in [4.69, 9.17) is 5.11 Å². The van der Waals surface area contributed by atoms with Crippen LogP contribution in [-0.4, -0.2) is 40.5 Å². The highest BCUT2D eigenvalue weighted by Crippen LogP contribution is 1.92. The van der Waals surface area contributed by atoms with E-state index < -0.39 is 23.8 Å². The van der Waals surface area contributed by atoms with Gasteiger partial charge in [-0.25, -0.2) is 0 Å². The van der Waals surface area contributed by atoms with Crippen LogP contribution in [0.1, 0.15) is 17.4 Å². The van der Waals surface area contributed by atoms with Crippen LogP contribution in [-0.2, 0) is 9.59 Å². The summed E-state index contributed by atoms with van der Waals surface area (Å²) in [6.45, 7) is 1.04. The van der Waals surface area contributed by atoms with Gasteiger partial charge in [-0.1, -0.05) is 6.07 Å². The summed E-state index contributed by atoms with van der Waals surface area (Å²) < 4.78 is 0. The summed E-state index contributed by atoms with van der Waals surface area (Å²) in [5.74, 6) is -2.21. The summed E-state index contributed by atoms with van der Waals surface area (Å²) >= 11 is 0. The number of aromatic nitrogens is 1. The van der Waals surface area contributed by atoms with Crippen molar-refractivity contribution >= 4 is 17.8 Å². The number of hydrogen-bond acceptors (Lipinski definition) is 4. The number of nitrogens with one attached hydrogen (secondary N) is 2. The molecular formula is C11H13N3O4. The minimum Gasteiger partial charge on any atom is -0.480 e. The van der Waals surface area contributed by atoms with Crippen molar-refractivity contribution in [2.24, 2.45) is 0 Å². The van der Waals surface area contributed by atoms with Gasteiger partial charge in [-0.15, -0.1) is 0 Å². The smallest absolute Gasteiger partial charge is 0.325 e. The Morgan fingerprint density at radius 3 is 2.67 bits per heavy atom. The zero-order valence-corrected chi connectivity index (χ0v) is 9.71. The van der Waals surface area contributed by atoms with E-state index in [2.05, 4.69) is 15.6 Å². The Kier molecular flexibility index (Phi) is 4.79. The Morgan fingerprint density at radius 2 is 2.11 bits per heavy atom. The molecule has 1 rings (SSSR count). The fourth-order valence-electron chi connectivity index (χ4n) is 1.10. The van der Waals surface area contributed by atoms with Gasteiger partial charge in [0.2, 0.25) is 5.91 Å². The van der Waals surface area contributed by atoms with Gasteiger partial charge in [0.1, 0.15) is 11.7 Å². The van der Waals surface area contributed by atoms with Crippen molar-refractivity contribution in [2.75, 3.05) is 6.54 Å². The molecule has 1 aromatic rings. The monoisotopic (exact) mass is 251 g/mol. The molecule has 96 valence electrons. The van der Waals surface area contributed by atoms with Gasteiger partial charge in [-0.05, 0) is 19.1 Å². The van der Waals surface area contributed by atoms with Gasteiger partial charge >= 0.3 is 5.97 Å². The second-order valence-electron chi connectivity index (χ2n) is 3.53. The maximum absolute atomic E-state index is 11.5. The summed E-state index contributed by atoms with van der Waals surface area (Å²) in [7, 11) is 0. The topological polar surface area (TPSA) is 108 Å². The maximum atomic E-state index is 11.5. The molecule has 18 heavy (non-hydrogen) atoms. The van der Waals surface area contributed by atoms with Crippen molar-refractivity contribution in [3.8, 4) is 0 Å². The molecule has 0 unspecified atom stereocenters. The van der Waals surface area contributed by atoms with Crippen LogP contribution in [0.15, 0.2) is 24.4 Å². The Bertz CT molecular complexity index is 447. The van der Waals surface area contributed by atoms with Gasteiger partial charge in [-0.2, -0.15) is 0 Å². The van der Waals surface area contributed by atoms with E-state index in [1.807, 2.05) is 0 Å². The van der Waals surface area contributed by atoms with Crippen molar-refractivity contribution in [3.63, 3.8) is 0 Å². The van der Waals surface area contributed by atoms with Crippen molar-refractivity contribution in [3.05, 3.63) is 30.1 Å². The molecule has 1 atom stereocenters. The summed E-state index contributed by atoms with van der Waals surface area (Å²) in [5.41, 5.74) is 0.191. The average molecular weight is 251 g/mol. The van der Waals surface area contributed by atoms with Crippen LogP contribution in [0.5, 0.6) is 0 Å². The molecule has 0 radical (unpaired) electrons. The van der Waals surface area contributed by atoms with Crippen LogP contribution in [0.4, 0.5) is 0 Å². The van der Waals surface area contributed by atoms with E-state index in [0.29, 0.717) is 0 Å². The normalized spacial score (nSPS) is 11.4. The first-order chi connectivity index (χ1) is 8.50. The molecule has 0 aliphatic carbocycles. The standard InChI is InChI=1S/C11H13N3O4/c1-7(11(17)18)14-9(15)6-13-10(16)8-4-2-3-5-12-8/h2-5,7H,6H2,1H3,(H,13,16)(H,14,15)(H,17,18)/t7-/m1/s1. The lowest BCUT2D eigenvalue weighted by Gasteiger charge is -2.09. The Hall–Kier alpha value is -2.44. The zero-order valence-electron chi connectivity index (χ0n) is 9.71. The SMILES string of the molecule is C[C@@H](NC(=O)CNC(=O)c1ccccn1)C(=O)O. The van der Waals surface area contributed by atoms with Crippen LogP contribution < -0.4 is 10.6 Å². The lowest BCUT2D eigenvalue weighted by molar-refractivity contribution is -0.141. The van der Waals surface area contributed by atoms with Gasteiger partial charge in [0.25, 0.3) is 5.91 Å². The fraction of sp³-hybridized carbons (Fsp3) is 0.273. The summed E-state index contributed by atoms with van der Waals surface area (Å²) in [6, 6.07) is 3.82. The molecular weight excluding hydrogens is 238 g/mol. The Balaban J connectivity index is 2.40. The molecule has 2 amide bonds. The predicted octanol–water partition coefficient (Wildman–Crippen LogP) is -0.599. The van der Waals surface area contributed by atoms with E-state index >= 15 is 0 Å². The van der Waals surface area contributed by atoms with E-state index in [1.165, 1.54) is 19.2 Å². The number of rotatable bonds is 5. The highest BCUT2D eigenvalue weighted by atomic mass is 16.4. The third kappa shape index (κ3) is 4.20. The number of pyridine rings is 1. The van der Waals surface area contributed by atoms with Gasteiger partial charge in [-0.3, -0.25) is 19.4 Å². The zero-order chi connectivity index (χ0) is 13.5. The predicted molar refractivity (Wildman–Crippen MR) is 61.8 cm³/mol. The molecule has 7 heteroatoms. The van der Waals surface area contributed by atoms with Crippen LogP contribution >= 0.6 is 0 Å². The molecule has 0 saturated carbocycles. The molecule has 0 spiro atoms. The van der Waals surface area contributed by atoms with E-state index in [9.17, 15) is 14.4 Å². The summed E-state index contributed by atoms with van der Waals surface area (Å²) in [5, 5.41) is 13.1. The molecule has 0 fully saturated rings. The number of amides is 2. The highest BCUT2D eigenvalue weighted by molar-refractivity contribution is 5.95. The average Bonchev–Trinajstić information content (AvgIpc) is 2.36. The first-order valence-electron chi connectivity index (χ1n) is 5.22. The molecule has 0 aromatic carbocycles. The lowest BCUT2D eigenvalue weighted by atomic mass is 10.3. The van der Waals surface area contributed by atoms with Crippen molar-refractivity contribution in [1.82, 2.24) is 15.6 Å². The molecule has 0 saturated heterocycles. The van der Waals surface area contributed by atoms with E-state index in [0.717, 1.165) is 0 Å². The Labute approximate surface area is 103 Å². The highest BCUT2D eigenvalue weighted by Gasteiger charge is 2.14. The minimum atomic E-state index is -1.14. The second-order valence-corrected chi connectivity index (χ2v) is 3.53. The lowest BCUT2D eigenvalue weighted by Crippen LogP contribution is -2.44. The summed E-state index contributed by atoms with van der Waals surface area (Å²) in [6.07, 6.45) is 1.46. The molecule has 0 aliphatic rings. The number of carbonyl (C=O) groups excluding carboxylic acids is 2. The number of carboxylic acids is 1. The van der Waals surface area contributed by atoms with E-state index in [1.54, 1.807) is 12.1 Å². The maximum Gasteiger partial charge on any atom is 0.325 e. The largest absolute Gasteiger partial charge is 0.480 e. The fourth-order valence-corrected chi connectivity index (χ4v) is 1.10. The molecule has 7 nitrogen and oxygen atoms in total. The van der Waals surface area contributed by atoms with Gasteiger partial charge in [0.15, 0.2) is 0 Å². The third-order valence-corrected chi connectivity index (χ3v) is 2.05. The van der Waals surface area contributed by atoms with E-state index in [-0.39, 0.29) is 12.2 Å². The van der Waals surface area contributed by atoms with Crippen molar-refractivity contribution in [2.45, 2.75) is 13.0 Å². The molecule has 1 heterocycles. The number of nitrogens with zero attached hydrogens (tertiary/aromatic N) is 1. The first kappa shape index (κ1) is 13.6. The number of hydrogen-bond donors (Lipinski definition) is 3. The van der Waals surface area contributed by atoms with Gasteiger partial charge in [0.05, 0.1) is 6.54 Å². The minimum absolute atomic E-state index is 0.191. The second kappa shape index (κ2) is 6.33. The number of aliphatic carboxylic acids is 1. The van der Waals surface area contributed by atoms with Crippen molar-refractivity contribution < 1.29 is 19.5 Å². The van der Waals surface area contributed by atoms with Crippen molar-refractivity contribution in [1.29, 1.82) is 0 Å². The molecule has 1 aromatic heterocycles. The number of carboxylic acid groups (broad SMARTS) is 1. The van der Waals surface area contributed by atoms with Gasteiger partial charge in [0, 0.05) is 6.20 Å². The van der Waals surface area contributed by atoms with Crippen LogP contribution in [0.3, 0.4) is 0 Å². The molecule has 0 bridgehead atoms. The molecule has 3 N–H and O–H groups in total.